The van der Waals surface area contributed by atoms with Crippen LogP contribution in [0, 0.1) is 16.1 Å². The van der Waals surface area contributed by atoms with Crippen molar-refractivity contribution in [3.63, 3.8) is 0 Å². The Labute approximate surface area is 132 Å². The summed E-state index contributed by atoms with van der Waals surface area (Å²) in [4.78, 5) is 3.23. The van der Waals surface area contributed by atoms with Crippen LogP contribution in [-0.4, -0.2) is 9.55 Å². The molecule has 0 saturated heterocycles. The number of para-hydroxylation sites is 2. The summed E-state index contributed by atoms with van der Waals surface area (Å²) < 4.78 is 2.67. The molecule has 4 aromatic rings. The van der Waals surface area contributed by atoms with Gasteiger partial charge in [0.25, 0.3) is 0 Å². The van der Waals surface area contributed by atoms with E-state index in [0.29, 0.717) is 10.3 Å². The molecule has 3 nitrogen and oxygen atoms in total. The predicted octanol–water partition coefficient (Wildman–Crippen LogP) is 4.71. The predicted molar refractivity (Wildman–Crippen MR) is 90.7 cm³/mol. The summed E-state index contributed by atoms with van der Waals surface area (Å²) in [7, 11) is 0. The zero-order valence-corrected chi connectivity index (χ0v) is 12.4. The summed E-state index contributed by atoms with van der Waals surface area (Å²) in [6.07, 6.45) is 0. The van der Waals surface area contributed by atoms with Crippen molar-refractivity contribution in [1.29, 1.82) is 5.26 Å². The molecule has 104 valence electrons. The molecule has 1 heterocycles. The number of nitrogens with one attached hydrogen (secondary N) is 1. The quantitative estimate of drug-likeness (QED) is 0.517. The Balaban J connectivity index is 2.17. The Bertz CT molecular complexity index is 1110. The number of aromatic nitrogens is 2. The van der Waals surface area contributed by atoms with Gasteiger partial charge in [0.05, 0.1) is 28.4 Å². The molecular formula is C18H11N3S. The van der Waals surface area contributed by atoms with Gasteiger partial charge in [-0.3, -0.25) is 4.57 Å². The van der Waals surface area contributed by atoms with Gasteiger partial charge in [-0.25, -0.2) is 0 Å². The first kappa shape index (κ1) is 12.8. The van der Waals surface area contributed by atoms with Crippen LogP contribution in [0.2, 0.25) is 0 Å². The minimum atomic E-state index is 0.649. The molecule has 0 saturated carbocycles. The first-order valence-corrected chi connectivity index (χ1v) is 7.32. The number of fused-ring (bicyclic) bond motifs is 2. The highest BCUT2D eigenvalue weighted by Crippen LogP contribution is 2.28. The van der Waals surface area contributed by atoms with Crippen LogP contribution < -0.4 is 0 Å². The molecule has 0 atom stereocenters. The van der Waals surface area contributed by atoms with Gasteiger partial charge in [-0.15, -0.1) is 0 Å². The largest absolute Gasteiger partial charge is 0.330 e. The van der Waals surface area contributed by atoms with Crippen molar-refractivity contribution in [2.45, 2.75) is 0 Å². The Morgan fingerprint density at radius 1 is 0.909 bits per heavy atom. The van der Waals surface area contributed by atoms with Gasteiger partial charge >= 0.3 is 0 Å². The number of nitriles is 1. The molecule has 4 rings (SSSR count). The normalized spacial score (nSPS) is 10.9. The van der Waals surface area contributed by atoms with E-state index in [2.05, 4.69) is 11.1 Å². The van der Waals surface area contributed by atoms with E-state index in [1.54, 1.807) is 0 Å². The molecule has 0 radical (unpaired) electrons. The highest BCUT2D eigenvalue weighted by atomic mass is 32.1. The third-order valence-electron chi connectivity index (χ3n) is 3.85. The molecule has 0 aliphatic carbocycles. The first-order chi connectivity index (χ1) is 10.8. The van der Waals surface area contributed by atoms with Crippen molar-refractivity contribution in [3.8, 4) is 11.8 Å². The lowest BCUT2D eigenvalue weighted by Gasteiger charge is -2.10. The average molecular weight is 301 g/mol. The van der Waals surface area contributed by atoms with Crippen molar-refractivity contribution < 1.29 is 0 Å². The third-order valence-corrected chi connectivity index (χ3v) is 4.14. The summed E-state index contributed by atoms with van der Waals surface area (Å²) in [5.41, 5.74) is 3.69. The second-order valence-corrected chi connectivity index (χ2v) is 5.46. The standard InChI is InChI=1S/C18H11N3S/c19-11-12-9-10-16(14-6-2-1-5-13(12)14)21-17-8-4-3-7-15(17)20-18(21)22/h1-10H,(H,20,22). The van der Waals surface area contributed by atoms with Crippen molar-refractivity contribution in [2.75, 3.05) is 0 Å². The van der Waals surface area contributed by atoms with E-state index in [1.165, 1.54) is 0 Å². The molecule has 0 spiro atoms. The molecule has 0 fully saturated rings. The number of aromatic amines is 1. The Kier molecular flexibility index (Phi) is 2.81. The lowest BCUT2D eigenvalue weighted by Crippen LogP contribution is -1.96. The molecule has 3 aromatic carbocycles. The molecular weight excluding hydrogens is 290 g/mol. The highest BCUT2D eigenvalue weighted by Gasteiger charge is 2.11. The fourth-order valence-corrected chi connectivity index (χ4v) is 3.18. The van der Waals surface area contributed by atoms with Gasteiger partial charge in [0.15, 0.2) is 4.77 Å². The fraction of sp³-hybridized carbons (Fsp3) is 0. The highest BCUT2D eigenvalue weighted by molar-refractivity contribution is 7.71. The van der Waals surface area contributed by atoms with Crippen LogP contribution in [0.3, 0.4) is 0 Å². The van der Waals surface area contributed by atoms with Gasteiger partial charge in [-0.1, -0.05) is 36.4 Å². The van der Waals surface area contributed by atoms with E-state index < -0.39 is 0 Å². The van der Waals surface area contributed by atoms with Gasteiger partial charge < -0.3 is 4.98 Å². The maximum absolute atomic E-state index is 9.30. The van der Waals surface area contributed by atoms with Crippen molar-refractivity contribution in [2.24, 2.45) is 0 Å². The number of imidazole rings is 1. The number of H-pyrrole nitrogens is 1. The number of rotatable bonds is 1. The molecule has 1 aromatic heterocycles. The Hall–Kier alpha value is -2.90. The van der Waals surface area contributed by atoms with Crippen LogP contribution in [0.25, 0.3) is 27.5 Å². The van der Waals surface area contributed by atoms with E-state index in [0.717, 1.165) is 27.5 Å². The zero-order valence-electron chi connectivity index (χ0n) is 11.6. The lowest BCUT2D eigenvalue weighted by molar-refractivity contribution is 1.08. The van der Waals surface area contributed by atoms with Crippen LogP contribution in [0.15, 0.2) is 60.7 Å². The summed E-state index contributed by atoms with van der Waals surface area (Å²) in [6.45, 7) is 0. The van der Waals surface area contributed by atoms with Gasteiger partial charge in [-0.2, -0.15) is 5.26 Å². The maximum Gasteiger partial charge on any atom is 0.182 e. The van der Waals surface area contributed by atoms with E-state index in [4.69, 9.17) is 12.2 Å². The summed E-state index contributed by atoms with van der Waals surface area (Å²) >= 11 is 5.50. The summed E-state index contributed by atoms with van der Waals surface area (Å²) in [5, 5.41) is 11.3. The van der Waals surface area contributed by atoms with Gasteiger partial charge in [0.2, 0.25) is 0 Å². The maximum atomic E-state index is 9.30. The second-order valence-electron chi connectivity index (χ2n) is 5.07. The molecule has 22 heavy (non-hydrogen) atoms. The van der Waals surface area contributed by atoms with Gasteiger partial charge in [0, 0.05) is 10.8 Å². The van der Waals surface area contributed by atoms with Crippen LogP contribution in [-0.2, 0) is 0 Å². The SMILES string of the molecule is N#Cc1ccc(-n2c(=S)[nH]c3ccccc32)c2ccccc12. The number of hydrogen-bond donors (Lipinski definition) is 1. The van der Waals surface area contributed by atoms with E-state index >= 15 is 0 Å². The minimum absolute atomic E-state index is 0.649. The van der Waals surface area contributed by atoms with Gasteiger partial charge in [0.1, 0.15) is 0 Å². The Morgan fingerprint density at radius 3 is 2.45 bits per heavy atom. The molecule has 1 N–H and O–H groups in total. The van der Waals surface area contributed by atoms with Crippen molar-refractivity contribution in [3.05, 3.63) is 71.0 Å². The van der Waals surface area contributed by atoms with Gasteiger partial charge in [-0.05, 0) is 36.5 Å². The number of nitrogens with zero attached hydrogens (tertiary/aromatic N) is 2. The van der Waals surface area contributed by atoms with E-state index in [9.17, 15) is 5.26 Å². The van der Waals surface area contributed by atoms with Crippen molar-refractivity contribution in [1.82, 2.24) is 9.55 Å². The monoisotopic (exact) mass is 301 g/mol. The summed E-state index contributed by atoms with van der Waals surface area (Å²) in [5.74, 6) is 0. The van der Waals surface area contributed by atoms with Crippen molar-refractivity contribution >= 4 is 34.0 Å². The average Bonchev–Trinajstić information content (AvgIpc) is 2.89. The number of hydrogen-bond acceptors (Lipinski definition) is 2. The zero-order chi connectivity index (χ0) is 15.1. The smallest absolute Gasteiger partial charge is 0.182 e. The van der Waals surface area contributed by atoms with Crippen LogP contribution >= 0.6 is 12.2 Å². The van der Waals surface area contributed by atoms with Crippen LogP contribution in [0.1, 0.15) is 5.56 Å². The molecule has 0 aliphatic rings. The molecule has 0 aliphatic heterocycles. The first-order valence-electron chi connectivity index (χ1n) is 6.91. The topological polar surface area (TPSA) is 44.5 Å². The lowest BCUT2D eigenvalue weighted by atomic mass is 10.0. The van der Waals surface area contributed by atoms with Crippen LogP contribution in [0.4, 0.5) is 0 Å². The molecule has 4 heteroatoms. The second kappa shape index (κ2) is 4.83. The molecule has 0 amide bonds. The molecule has 0 bridgehead atoms. The Morgan fingerprint density at radius 2 is 1.64 bits per heavy atom. The molecule has 0 unspecified atom stereocenters. The minimum Gasteiger partial charge on any atom is -0.330 e. The third kappa shape index (κ3) is 1.77. The summed E-state index contributed by atoms with van der Waals surface area (Å²) in [6, 6.07) is 22.0. The van der Waals surface area contributed by atoms with E-state index in [1.807, 2.05) is 65.2 Å². The van der Waals surface area contributed by atoms with Crippen LogP contribution in [0.5, 0.6) is 0 Å². The fourth-order valence-electron chi connectivity index (χ4n) is 2.87. The number of benzene rings is 3. The van der Waals surface area contributed by atoms with E-state index in [-0.39, 0.29) is 0 Å².